The number of aryl methyl sites for hydroxylation is 2. The fourth-order valence-corrected chi connectivity index (χ4v) is 4.28. The molecule has 2 aromatic rings. The van der Waals surface area contributed by atoms with E-state index >= 15 is 0 Å². The van der Waals surface area contributed by atoms with Crippen LogP contribution in [0.3, 0.4) is 0 Å². The molecule has 3 rings (SSSR count). The van der Waals surface area contributed by atoms with Crippen molar-refractivity contribution in [3.63, 3.8) is 0 Å². The fraction of sp³-hybridized carbons (Fsp3) is 0.545. The second kappa shape index (κ2) is 8.29. The number of nitrogens with zero attached hydrogens (tertiary/aromatic N) is 1. The molecule has 1 aromatic carbocycles. The van der Waals surface area contributed by atoms with Crippen LogP contribution in [0.25, 0.3) is 0 Å². The molecule has 0 bridgehead atoms. The third kappa shape index (κ3) is 4.89. The molecule has 4 nitrogen and oxygen atoms in total. The van der Waals surface area contributed by atoms with Crippen molar-refractivity contribution in [1.82, 2.24) is 4.72 Å². The van der Waals surface area contributed by atoms with Crippen molar-refractivity contribution in [3.8, 4) is 0 Å². The summed E-state index contributed by atoms with van der Waals surface area (Å²) in [6, 6.07) is 10.3. The molecule has 1 N–H and O–H groups in total. The van der Waals surface area contributed by atoms with E-state index in [9.17, 15) is 4.55 Å². The van der Waals surface area contributed by atoms with Crippen molar-refractivity contribution in [2.24, 2.45) is 0 Å². The molecule has 0 unspecified atom stereocenters. The Labute approximate surface area is 166 Å². The number of rotatable bonds is 5. The molecule has 2 heterocycles. The quantitative estimate of drug-likeness (QED) is 0.730. The first-order valence-corrected chi connectivity index (χ1v) is 11.0. The van der Waals surface area contributed by atoms with Crippen molar-refractivity contribution in [1.29, 1.82) is 0 Å². The lowest BCUT2D eigenvalue weighted by Crippen LogP contribution is -2.42. The van der Waals surface area contributed by atoms with E-state index in [4.69, 9.17) is 4.42 Å². The summed E-state index contributed by atoms with van der Waals surface area (Å²) in [5.74, 6) is 1.68. The predicted molar refractivity (Wildman–Crippen MR) is 114 cm³/mol. The van der Waals surface area contributed by atoms with E-state index in [1.165, 1.54) is 30.5 Å². The van der Waals surface area contributed by atoms with E-state index in [1.54, 1.807) is 0 Å². The summed E-state index contributed by atoms with van der Waals surface area (Å²) in [6.45, 7) is 12.2. The number of piperidine rings is 1. The smallest absolute Gasteiger partial charge is 0.137 e. The van der Waals surface area contributed by atoms with Crippen LogP contribution in [-0.2, 0) is 11.4 Å². The molecule has 1 aliphatic rings. The average Bonchev–Trinajstić information content (AvgIpc) is 3.06. The molecule has 1 fully saturated rings. The van der Waals surface area contributed by atoms with Gasteiger partial charge in [0.15, 0.2) is 0 Å². The van der Waals surface area contributed by atoms with Crippen molar-refractivity contribution < 1.29 is 8.97 Å². The average molecular weight is 389 g/mol. The minimum atomic E-state index is -1.21. The summed E-state index contributed by atoms with van der Waals surface area (Å²) >= 11 is -1.21. The maximum atomic E-state index is 12.9. The maximum Gasteiger partial charge on any atom is 0.137 e. The molecular weight excluding hydrogens is 356 g/mol. The first-order chi connectivity index (χ1) is 12.8. The molecule has 0 radical (unpaired) electrons. The Kier molecular flexibility index (Phi) is 6.24. The molecular formula is C22H32N2O2S. The standard InChI is InChI=1S/C22H32N2O2S/c1-16-9-11-18(19(15-16)24-13-7-6-8-14-24)21(20-12-10-17(2)26-20)23-27(25)22(3,4)5/h9-12,15,21,23H,6-8,13-14H2,1-5H3/t21-,27-/m1/s1. The van der Waals surface area contributed by atoms with Gasteiger partial charge in [0.25, 0.3) is 0 Å². The summed E-state index contributed by atoms with van der Waals surface area (Å²) in [5, 5.41) is 0. The number of nitrogens with one attached hydrogen (secondary N) is 1. The van der Waals surface area contributed by atoms with E-state index in [-0.39, 0.29) is 10.8 Å². The van der Waals surface area contributed by atoms with Gasteiger partial charge in [-0.1, -0.05) is 12.1 Å². The molecule has 0 spiro atoms. The summed E-state index contributed by atoms with van der Waals surface area (Å²) in [6.07, 6.45) is 3.74. The SMILES string of the molecule is Cc1ccc([C@@H](N[S@+]([O-])C(C)(C)C)c2ccc(C)o2)c(N2CCCCC2)c1. The molecule has 0 amide bonds. The Hall–Kier alpha value is -1.43. The highest BCUT2D eigenvalue weighted by molar-refractivity contribution is 7.90. The van der Waals surface area contributed by atoms with E-state index < -0.39 is 11.4 Å². The van der Waals surface area contributed by atoms with Crippen LogP contribution in [0.5, 0.6) is 0 Å². The van der Waals surface area contributed by atoms with Crippen molar-refractivity contribution >= 4 is 17.0 Å². The van der Waals surface area contributed by atoms with Crippen molar-refractivity contribution in [2.75, 3.05) is 18.0 Å². The van der Waals surface area contributed by atoms with Gasteiger partial charge in [-0.25, -0.2) is 0 Å². The summed E-state index contributed by atoms with van der Waals surface area (Å²) in [4.78, 5) is 2.47. The van der Waals surface area contributed by atoms with Crippen LogP contribution in [0.15, 0.2) is 34.7 Å². The van der Waals surface area contributed by atoms with E-state index in [2.05, 4.69) is 34.7 Å². The Morgan fingerprint density at radius 1 is 1.07 bits per heavy atom. The highest BCUT2D eigenvalue weighted by Crippen LogP contribution is 2.35. The zero-order valence-electron chi connectivity index (χ0n) is 17.2. The van der Waals surface area contributed by atoms with Crippen LogP contribution in [0.1, 0.15) is 68.7 Å². The van der Waals surface area contributed by atoms with Gasteiger partial charge in [0.05, 0.1) is 0 Å². The van der Waals surface area contributed by atoms with Crippen molar-refractivity contribution in [3.05, 3.63) is 53.0 Å². The van der Waals surface area contributed by atoms with Gasteiger partial charge in [-0.15, -0.1) is 4.72 Å². The Bertz CT molecular complexity index is 760. The Morgan fingerprint density at radius 3 is 2.37 bits per heavy atom. The largest absolute Gasteiger partial charge is 0.598 e. The molecule has 27 heavy (non-hydrogen) atoms. The van der Waals surface area contributed by atoms with Gasteiger partial charge in [0.2, 0.25) is 0 Å². The zero-order valence-corrected chi connectivity index (χ0v) is 18.0. The Morgan fingerprint density at radius 2 is 1.78 bits per heavy atom. The minimum Gasteiger partial charge on any atom is -0.598 e. The summed E-state index contributed by atoms with van der Waals surface area (Å²) < 4.78 is 21.9. The highest BCUT2D eigenvalue weighted by atomic mass is 32.2. The van der Waals surface area contributed by atoms with E-state index in [0.717, 1.165) is 30.2 Å². The lowest BCUT2D eigenvalue weighted by molar-refractivity contribution is 0.447. The number of benzene rings is 1. The number of hydrogen-bond acceptors (Lipinski definition) is 4. The lowest BCUT2D eigenvalue weighted by atomic mass is 9.99. The van der Waals surface area contributed by atoms with Gasteiger partial charge in [-0.3, -0.25) is 0 Å². The van der Waals surface area contributed by atoms with Crippen molar-refractivity contribution in [2.45, 2.75) is 64.7 Å². The monoisotopic (exact) mass is 388 g/mol. The number of furan rings is 1. The third-order valence-electron chi connectivity index (χ3n) is 5.02. The molecule has 148 valence electrons. The summed E-state index contributed by atoms with van der Waals surface area (Å²) in [7, 11) is 0. The van der Waals surface area contributed by atoms with Crippen LogP contribution < -0.4 is 9.62 Å². The number of anilines is 1. The van der Waals surface area contributed by atoms with Gasteiger partial charge < -0.3 is 13.9 Å². The maximum absolute atomic E-state index is 12.9. The van der Waals surface area contributed by atoms with Crippen LogP contribution in [0, 0.1) is 13.8 Å². The molecule has 1 saturated heterocycles. The van der Waals surface area contributed by atoms with Gasteiger partial charge in [-0.2, -0.15) is 0 Å². The van der Waals surface area contributed by atoms with Gasteiger partial charge in [-0.05, 0) is 77.6 Å². The van der Waals surface area contributed by atoms with Gasteiger partial charge in [0.1, 0.15) is 22.3 Å². The molecule has 0 saturated carbocycles. The van der Waals surface area contributed by atoms with Crippen LogP contribution in [0.4, 0.5) is 5.69 Å². The molecule has 2 atom stereocenters. The van der Waals surface area contributed by atoms with Crippen LogP contribution >= 0.6 is 0 Å². The topological polar surface area (TPSA) is 51.5 Å². The fourth-order valence-electron chi connectivity index (χ4n) is 3.47. The van der Waals surface area contributed by atoms with E-state index in [1.807, 2.05) is 39.8 Å². The first-order valence-electron chi connectivity index (χ1n) is 9.85. The summed E-state index contributed by atoms with van der Waals surface area (Å²) in [5.41, 5.74) is 3.60. The molecule has 1 aliphatic heterocycles. The second-order valence-corrected chi connectivity index (χ2v) is 10.5. The lowest BCUT2D eigenvalue weighted by Gasteiger charge is -2.33. The predicted octanol–water partition coefficient (Wildman–Crippen LogP) is 5.03. The van der Waals surface area contributed by atoms with Gasteiger partial charge >= 0.3 is 0 Å². The minimum absolute atomic E-state index is 0.240. The zero-order chi connectivity index (χ0) is 19.6. The molecule has 5 heteroatoms. The van der Waals surface area contributed by atoms with Crippen LogP contribution in [-0.4, -0.2) is 22.4 Å². The van der Waals surface area contributed by atoms with Crippen LogP contribution in [0.2, 0.25) is 0 Å². The normalized spacial score (nSPS) is 17.8. The van der Waals surface area contributed by atoms with Gasteiger partial charge in [0, 0.05) is 35.7 Å². The second-order valence-electron chi connectivity index (χ2n) is 8.49. The molecule has 0 aliphatic carbocycles. The first kappa shape index (κ1) is 20.3. The van der Waals surface area contributed by atoms with E-state index in [0.29, 0.717) is 0 Å². The third-order valence-corrected chi connectivity index (χ3v) is 6.58. The Balaban J connectivity index is 2.03. The molecule has 1 aromatic heterocycles. The number of hydrogen-bond donors (Lipinski definition) is 1. The highest BCUT2D eigenvalue weighted by Gasteiger charge is 2.33.